The van der Waals surface area contributed by atoms with Crippen molar-refractivity contribution in [1.82, 2.24) is 10.2 Å². The molecule has 0 aliphatic heterocycles. The Morgan fingerprint density at radius 3 is 2.71 bits per heavy atom. The van der Waals surface area contributed by atoms with E-state index in [0.717, 1.165) is 9.24 Å². The molecule has 0 bridgehead atoms. The van der Waals surface area contributed by atoms with E-state index < -0.39 is 5.54 Å². The predicted molar refractivity (Wildman–Crippen MR) is 89.6 cm³/mol. The van der Waals surface area contributed by atoms with Crippen molar-refractivity contribution in [2.75, 3.05) is 5.32 Å². The van der Waals surface area contributed by atoms with Crippen LogP contribution in [0.2, 0.25) is 5.02 Å². The molecule has 0 unspecified atom stereocenters. The van der Waals surface area contributed by atoms with Crippen molar-refractivity contribution in [2.24, 2.45) is 5.73 Å². The van der Waals surface area contributed by atoms with Crippen molar-refractivity contribution < 1.29 is 4.79 Å². The van der Waals surface area contributed by atoms with Crippen LogP contribution in [0.3, 0.4) is 0 Å². The normalized spacial score (nSPS) is 10.9. The van der Waals surface area contributed by atoms with Gasteiger partial charge in [-0.15, -0.1) is 22.6 Å². The van der Waals surface area contributed by atoms with Gasteiger partial charge in [-0.3, -0.25) is 4.79 Å². The number of hydrogen-bond donors (Lipinski definition) is 2. The minimum atomic E-state index is -0.938. The molecular weight excluding hydrogens is 351 g/mol. The average Bonchev–Trinajstić information content (AvgIpc) is 2.84. The summed E-state index contributed by atoms with van der Waals surface area (Å²) in [6.45, 7) is 3.28. The molecule has 0 saturated heterocycles. The van der Waals surface area contributed by atoms with Crippen LogP contribution < -0.4 is 11.1 Å². The Kier molecular flexibility index (Phi) is 6.42. The molecule has 0 atom stereocenters. The fourth-order valence-electron chi connectivity index (χ4n) is 1.26. The van der Waals surface area contributed by atoms with Gasteiger partial charge in [0, 0.05) is 10.6 Å². The van der Waals surface area contributed by atoms with E-state index >= 15 is 0 Å². The lowest BCUT2D eigenvalue weighted by molar-refractivity contribution is -0.120. The molecule has 3 N–H and O–H groups in total. The number of hydrogen-bond acceptors (Lipinski definition) is 6. The van der Waals surface area contributed by atoms with Crippen LogP contribution in [0.25, 0.3) is 0 Å². The van der Waals surface area contributed by atoms with Crippen LogP contribution in [0, 0.1) is 0 Å². The van der Waals surface area contributed by atoms with E-state index in [4.69, 9.17) is 17.3 Å². The number of halogens is 2. The molecule has 1 amide bonds. The summed E-state index contributed by atoms with van der Waals surface area (Å²) in [7, 11) is 0. The molecule has 0 fully saturated rings. The van der Waals surface area contributed by atoms with Crippen LogP contribution in [-0.2, 0) is 4.79 Å². The highest BCUT2D eigenvalue weighted by Crippen LogP contribution is 2.35. The molecule has 5 nitrogen and oxygen atoms in total. The highest BCUT2D eigenvalue weighted by molar-refractivity contribution is 8.01. The van der Waals surface area contributed by atoms with Crippen molar-refractivity contribution in [3.63, 3.8) is 0 Å². The Hall–Kier alpha value is -0.860. The van der Waals surface area contributed by atoms with Crippen LogP contribution >= 0.6 is 47.1 Å². The van der Waals surface area contributed by atoms with Gasteiger partial charge in [0.05, 0.1) is 10.6 Å². The predicted octanol–water partition coefficient (Wildman–Crippen LogP) is 3.44. The second-order valence-electron chi connectivity index (χ2n) is 4.63. The zero-order valence-electron chi connectivity index (χ0n) is 11.3. The highest BCUT2D eigenvalue weighted by Gasteiger charge is 2.22. The summed E-state index contributed by atoms with van der Waals surface area (Å²) in [6, 6.07) is 5.29. The van der Waals surface area contributed by atoms with Gasteiger partial charge in [0.2, 0.25) is 5.91 Å². The molecule has 2 aromatic rings. The molecular formula is C12H14Cl2N4OS2. The molecule has 1 aromatic carbocycles. The summed E-state index contributed by atoms with van der Waals surface area (Å²) < 4.78 is 0.812. The number of rotatable bonds is 4. The summed E-state index contributed by atoms with van der Waals surface area (Å²) in [4.78, 5) is 12.6. The van der Waals surface area contributed by atoms with Crippen molar-refractivity contribution >= 4 is 58.7 Å². The van der Waals surface area contributed by atoms with Crippen molar-refractivity contribution in [2.45, 2.75) is 28.6 Å². The number of amides is 1. The Bertz CT molecular complexity index is 614. The van der Waals surface area contributed by atoms with Gasteiger partial charge in [-0.05, 0) is 32.0 Å². The second-order valence-corrected chi connectivity index (χ2v) is 7.16. The smallest absolute Gasteiger partial charge is 0.243 e. The third-order valence-electron chi connectivity index (χ3n) is 2.31. The van der Waals surface area contributed by atoms with Gasteiger partial charge in [0.25, 0.3) is 0 Å². The lowest BCUT2D eigenvalue weighted by Crippen LogP contribution is -2.45. The number of carbonyl (C=O) groups excluding carboxylic acids is 1. The lowest BCUT2D eigenvalue weighted by atomic mass is 10.1. The lowest BCUT2D eigenvalue weighted by Gasteiger charge is -2.18. The maximum Gasteiger partial charge on any atom is 0.243 e. The molecule has 21 heavy (non-hydrogen) atoms. The van der Waals surface area contributed by atoms with E-state index in [-0.39, 0.29) is 18.3 Å². The number of nitrogens with two attached hydrogens (primary N) is 1. The van der Waals surface area contributed by atoms with Crippen molar-refractivity contribution in [1.29, 1.82) is 0 Å². The van der Waals surface area contributed by atoms with Crippen LogP contribution in [0.5, 0.6) is 0 Å². The first kappa shape index (κ1) is 18.2. The Morgan fingerprint density at radius 2 is 2.19 bits per heavy atom. The zero-order valence-corrected chi connectivity index (χ0v) is 14.5. The minimum Gasteiger partial charge on any atom is -0.324 e. The van der Waals surface area contributed by atoms with E-state index in [1.54, 1.807) is 31.5 Å². The van der Waals surface area contributed by atoms with Crippen molar-refractivity contribution in [3.8, 4) is 0 Å². The van der Waals surface area contributed by atoms with Crippen molar-refractivity contribution in [3.05, 3.63) is 28.7 Å². The third kappa shape index (κ3) is 5.12. The number of carbonyl (C=O) groups is 1. The Balaban J connectivity index is 0.00000220. The molecule has 1 aromatic heterocycles. The summed E-state index contributed by atoms with van der Waals surface area (Å²) in [6.07, 6.45) is 0. The third-order valence-corrected chi connectivity index (χ3v) is 4.59. The van der Waals surface area contributed by atoms with Crippen LogP contribution in [0.1, 0.15) is 13.8 Å². The summed E-state index contributed by atoms with van der Waals surface area (Å²) >= 11 is 9.07. The largest absolute Gasteiger partial charge is 0.324 e. The van der Waals surface area contributed by atoms with Gasteiger partial charge in [-0.1, -0.05) is 34.7 Å². The molecule has 0 aliphatic carbocycles. The number of aromatic nitrogens is 2. The van der Waals surface area contributed by atoms with E-state index in [0.29, 0.717) is 10.7 Å². The minimum absolute atomic E-state index is 0. The topological polar surface area (TPSA) is 80.9 Å². The van der Waals surface area contributed by atoms with Crippen LogP contribution in [-0.4, -0.2) is 21.6 Å². The standard InChI is InChI=1S/C12H13ClN4OS2.ClH/c1-12(2,14)10(18)16-7-3-4-9(8(13)5-7)20-11-17-15-6-19-11;/h3-6H,14H2,1-2H3,(H,16,18);1H. The molecule has 9 heteroatoms. The molecule has 114 valence electrons. The Morgan fingerprint density at radius 1 is 1.48 bits per heavy atom. The van der Waals surface area contributed by atoms with E-state index in [2.05, 4.69) is 15.5 Å². The highest BCUT2D eigenvalue weighted by atomic mass is 35.5. The number of anilines is 1. The first-order valence-electron chi connectivity index (χ1n) is 5.70. The number of benzene rings is 1. The fourth-order valence-corrected chi connectivity index (χ4v) is 2.99. The van der Waals surface area contributed by atoms with Gasteiger partial charge in [0.1, 0.15) is 5.51 Å². The molecule has 2 rings (SSSR count). The maximum absolute atomic E-state index is 11.8. The van der Waals surface area contributed by atoms with Gasteiger partial charge >= 0.3 is 0 Å². The average molecular weight is 365 g/mol. The van der Waals surface area contributed by atoms with Crippen LogP contribution in [0.15, 0.2) is 32.9 Å². The van der Waals surface area contributed by atoms with Crippen LogP contribution in [0.4, 0.5) is 5.69 Å². The summed E-state index contributed by atoms with van der Waals surface area (Å²) in [5.41, 5.74) is 7.06. The SMILES string of the molecule is CC(C)(N)C(=O)Nc1ccc(Sc2nncs2)c(Cl)c1.Cl. The quantitative estimate of drug-likeness (QED) is 0.868. The molecule has 0 saturated carbocycles. The van der Waals surface area contributed by atoms with Gasteiger partial charge in [-0.25, -0.2) is 0 Å². The maximum atomic E-state index is 11.8. The Labute approximate surface area is 142 Å². The first-order valence-corrected chi connectivity index (χ1v) is 7.77. The van der Waals surface area contributed by atoms with E-state index in [1.807, 2.05) is 6.07 Å². The number of nitrogens with one attached hydrogen (secondary N) is 1. The molecule has 0 radical (unpaired) electrons. The zero-order chi connectivity index (χ0) is 14.8. The molecule has 0 aliphatic rings. The summed E-state index contributed by atoms with van der Waals surface area (Å²) in [5, 5.41) is 11.0. The molecule has 0 spiro atoms. The number of nitrogens with zero attached hydrogens (tertiary/aromatic N) is 2. The monoisotopic (exact) mass is 364 g/mol. The van der Waals surface area contributed by atoms with Gasteiger partial charge in [0.15, 0.2) is 4.34 Å². The second kappa shape index (κ2) is 7.42. The van der Waals surface area contributed by atoms with E-state index in [9.17, 15) is 4.79 Å². The van der Waals surface area contributed by atoms with Gasteiger partial charge < -0.3 is 11.1 Å². The fraction of sp³-hybridized carbons (Fsp3) is 0.250. The van der Waals surface area contributed by atoms with Gasteiger partial charge in [-0.2, -0.15) is 0 Å². The van der Waals surface area contributed by atoms with E-state index in [1.165, 1.54) is 23.1 Å². The summed E-state index contributed by atoms with van der Waals surface area (Å²) in [5.74, 6) is -0.266. The molecule has 1 heterocycles. The first-order chi connectivity index (χ1) is 9.36.